The third-order valence-electron chi connectivity index (χ3n) is 1.42. The molecule has 0 radical (unpaired) electrons. The maximum absolute atomic E-state index is 5.34. The van der Waals surface area contributed by atoms with Gasteiger partial charge < -0.3 is 15.4 Å². The molecule has 0 bridgehead atoms. The molecule has 0 spiro atoms. The predicted molar refractivity (Wildman–Crippen MR) is 47.9 cm³/mol. The second kappa shape index (κ2) is 7.98. The number of nitrogens with one attached hydrogen (secondary N) is 2. The lowest BCUT2D eigenvalue weighted by molar-refractivity contribution is 0.0775. The molecule has 1 aliphatic rings. The van der Waals surface area contributed by atoms with Crippen molar-refractivity contribution in [2.45, 2.75) is 19.4 Å². The van der Waals surface area contributed by atoms with Crippen molar-refractivity contribution in [1.82, 2.24) is 10.6 Å². The molecular formula is C8H20N2O. The molecule has 0 saturated carbocycles. The quantitative estimate of drug-likeness (QED) is 0.606. The summed E-state index contributed by atoms with van der Waals surface area (Å²) >= 11 is 0. The summed E-state index contributed by atoms with van der Waals surface area (Å²) in [6, 6.07) is 0. The lowest BCUT2D eigenvalue weighted by Crippen LogP contribution is -2.16. The van der Waals surface area contributed by atoms with E-state index < -0.39 is 0 Å². The maximum atomic E-state index is 5.34. The normalized spacial score (nSPS) is 22.6. The highest BCUT2D eigenvalue weighted by Crippen LogP contribution is 2.01. The standard InChI is InChI=1S/C6H13NO.C2H7N/c1-2-8-6-3-4-7-5-6;1-3-2/h6-7H,2-5H2,1H3;3H,1-2H3. The third-order valence-corrected chi connectivity index (χ3v) is 1.42. The number of hydrogen-bond acceptors (Lipinski definition) is 3. The van der Waals surface area contributed by atoms with Crippen molar-refractivity contribution in [2.24, 2.45) is 0 Å². The molecule has 1 aliphatic heterocycles. The zero-order chi connectivity index (χ0) is 8.53. The highest BCUT2D eigenvalue weighted by atomic mass is 16.5. The Morgan fingerprint density at radius 3 is 2.55 bits per heavy atom. The van der Waals surface area contributed by atoms with Gasteiger partial charge in [-0.25, -0.2) is 0 Å². The Morgan fingerprint density at radius 1 is 1.55 bits per heavy atom. The minimum Gasteiger partial charge on any atom is -0.377 e. The van der Waals surface area contributed by atoms with Crippen molar-refractivity contribution in [3.8, 4) is 0 Å². The molecule has 1 rings (SSSR count). The maximum Gasteiger partial charge on any atom is 0.0711 e. The third kappa shape index (κ3) is 6.28. The molecule has 1 unspecified atom stereocenters. The number of hydrogen-bond donors (Lipinski definition) is 2. The van der Waals surface area contributed by atoms with E-state index in [9.17, 15) is 0 Å². The zero-order valence-corrected chi connectivity index (χ0v) is 7.81. The van der Waals surface area contributed by atoms with Crippen molar-refractivity contribution in [1.29, 1.82) is 0 Å². The summed E-state index contributed by atoms with van der Waals surface area (Å²) in [5.74, 6) is 0. The van der Waals surface area contributed by atoms with E-state index in [0.717, 1.165) is 19.7 Å². The molecule has 1 heterocycles. The first-order chi connectivity index (χ1) is 5.35. The van der Waals surface area contributed by atoms with Crippen LogP contribution < -0.4 is 10.6 Å². The van der Waals surface area contributed by atoms with E-state index in [4.69, 9.17) is 4.74 Å². The highest BCUT2D eigenvalue weighted by molar-refractivity contribution is 4.70. The van der Waals surface area contributed by atoms with Gasteiger partial charge in [0.2, 0.25) is 0 Å². The van der Waals surface area contributed by atoms with Gasteiger partial charge in [0.1, 0.15) is 0 Å². The molecule has 1 atom stereocenters. The molecule has 3 nitrogen and oxygen atoms in total. The van der Waals surface area contributed by atoms with Gasteiger partial charge >= 0.3 is 0 Å². The van der Waals surface area contributed by atoms with Crippen LogP contribution in [0.1, 0.15) is 13.3 Å². The first kappa shape index (κ1) is 10.9. The smallest absolute Gasteiger partial charge is 0.0711 e. The molecule has 0 aromatic carbocycles. The van der Waals surface area contributed by atoms with Crippen LogP contribution >= 0.6 is 0 Å². The minimum atomic E-state index is 0.500. The summed E-state index contributed by atoms with van der Waals surface area (Å²) in [6.07, 6.45) is 1.69. The number of ether oxygens (including phenoxy) is 1. The molecule has 68 valence electrons. The lowest BCUT2D eigenvalue weighted by Gasteiger charge is -2.05. The molecule has 0 aromatic rings. The van der Waals surface area contributed by atoms with Crippen molar-refractivity contribution < 1.29 is 4.74 Å². The van der Waals surface area contributed by atoms with Gasteiger partial charge in [0.15, 0.2) is 0 Å². The van der Waals surface area contributed by atoms with Gasteiger partial charge in [-0.05, 0) is 34.0 Å². The lowest BCUT2D eigenvalue weighted by atomic mass is 10.3. The summed E-state index contributed by atoms with van der Waals surface area (Å²) in [7, 11) is 3.75. The van der Waals surface area contributed by atoms with Gasteiger partial charge in [0.05, 0.1) is 6.10 Å². The van der Waals surface area contributed by atoms with Gasteiger partial charge in [0.25, 0.3) is 0 Å². The van der Waals surface area contributed by atoms with E-state index in [2.05, 4.69) is 10.6 Å². The van der Waals surface area contributed by atoms with E-state index in [0.29, 0.717) is 6.10 Å². The summed E-state index contributed by atoms with van der Waals surface area (Å²) in [5.41, 5.74) is 0. The van der Waals surface area contributed by atoms with Crippen LogP contribution in [0.15, 0.2) is 0 Å². The van der Waals surface area contributed by atoms with E-state index in [1.807, 2.05) is 21.0 Å². The van der Waals surface area contributed by atoms with E-state index in [1.165, 1.54) is 6.42 Å². The molecule has 1 fully saturated rings. The van der Waals surface area contributed by atoms with Crippen molar-refractivity contribution in [3.63, 3.8) is 0 Å². The molecule has 2 N–H and O–H groups in total. The average molecular weight is 160 g/mol. The van der Waals surface area contributed by atoms with Crippen LogP contribution in [0.4, 0.5) is 0 Å². The van der Waals surface area contributed by atoms with Crippen LogP contribution in [-0.4, -0.2) is 39.9 Å². The fraction of sp³-hybridized carbons (Fsp3) is 1.00. The Balaban J connectivity index is 0.000000292. The Labute approximate surface area is 69.5 Å². The van der Waals surface area contributed by atoms with Crippen LogP contribution in [0.25, 0.3) is 0 Å². The molecule has 3 heteroatoms. The summed E-state index contributed by atoms with van der Waals surface area (Å²) in [6.45, 7) is 5.07. The topological polar surface area (TPSA) is 33.3 Å². The van der Waals surface area contributed by atoms with Gasteiger partial charge in [-0.1, -0.05) is 0 Å². The molecule has 0 aliphatic carbocycles. The molecule has 1 saturated heterocycles. The molecule has 0 aromatic heterocycles. The monoisotopic (exact) mass is 160 g/mol. The first-order valence-corrected chi connectivity index (χ1v) is 4.26. The second-order valence-electron chi connectivity index (χ2n) is 2.57. The molecule has 11 heavy (non-hydrogen) atoms. The fourth-order valence-corrected chi connectivity index (χ4v) is 1.01. The van der Waals surface area contributed by atoms with E-state index in [1.54, 1.807) is 0 Å². The van der Waals surface area contributed by atoms with Crippen molar-refractivity contribution >= 4 is 0 Å². The Bertz CT molecular complexity index is 72.5. The van der Waals surface area contributed by atoms with Gasteiger partial charge in [-0.15, -0.1) is 0 Å². The summed E-state index contributed by atoms with van der Waals surface area (Å²) in [5, 5.41) is 5.98. The Hall–Kier alpha value is -0.120. The predicted octanol–water partition coefficient (Wildman–Crippen LogP) is 0.220. The van der Waals surface area contributed by atoms with Crippen LogP contribution in [0, 0.1) is 0 Å². The van der Waals surface area contributed by atoms with Crippen molar-refractivity contribution in [3.05, 3.63) is 0 Å². The van der Waals surface area contributed by atoms with Crippen LogP contribution in [-0.2, 0) is 4.74 Å². The number of rotatable bonds is 2. The van der Waals surface area contributed by atoms with E-state index >= 15 is 0 Å². The molecular weight excluding hydrogens is 140 g/mol. The van der Waals surface area contributed by atoms with Gasteiger partial charge in [-0.3, -0.25) is 0 Å². The molecule has 0 amide bonds. The minimum absolute atomic E-state index is 0.500. The zero-order valence-electron chi connectivity index (χ0n) is 7.81. The first-order valence-electron chi connectivity index (χ1n) is 4.26. The van der Waals surface area contributed by atoms with Crippen LogP contribution in [0.5, 0.6) is 0 Å². The second-order valence-corrected chi connectivity index (χ2v) is 2.57. The van der Waals surface area contributed by atoms with Crippen LogP contribution in [0.3, 0.4) is 0 Å². The largest absolute Gasteiger partial charge is 0.377 e. The SMILES string of the molecule is CCOC1CCNC1.CNC. The summed E-state index contributed by atoms with van der Waals surface area (Å²) in [4.78, 5) is 0. The Kier molecular flexibility index (Phi) is 7.89. The van der Waals surface area contributed by atoms with Gasteiger partial charge in [-0.2, -0.15) is 0 Å². The van der Waals surface area contributed by atoms with Crippen molar-refractivity contribution in [2.75, 3.05) is 33.8 Å². The average Bonchev–Trinajstić information content (AvgIpc) is 2.42. The summed E-state index contributed by atoms with van der Waals surface area (Å²) < 4.78 is 5.34. The highest BCUT2D eigenvalue weighted by Gasteiger charge is 2.12. The van der Waals surface area contributed by atoms with Gasteiger partial charge in [0, 0.05) is 13.2 Å². The van der Waals surface area contributed by atoms with E-state index in [-0.39, 0.29) is 0 Å². The Morgan fingerprint density at radius 2 is 2.18 bits per heavy atom. The fourth-order valence-electron chi connectivity index (χ4n) is 1.01. The van der Waals surface area contributed by atoms with Crippen LogP contribution in [0.2, 0.25) is 0 Å².